The van der Waals surface area contributed by atoms with E-state index in [0.717, 1.165) is 12.7 Å². The van der Waals surface area contributed by atoms with E-state index in [2.05, 4.69) is 0 Å². The van der Waals surface area contributed by atoms with E-state index >= 15 is 0 Å². The Kier molecular flexibility index (Phi) is 1.44. The number of nitrogens with two attached hydrogens (primary N) is 1. The summed E-state index contributed by atoms with van der Waals surface area (Å²) in [5.41, 5.74) is 5.47. The quantitative estimate of drug-likeness (QED) is 0.385. The number of hydrogen-bond donors (Lipinski definition) is 1. The average Bonchev–Trinajstić information content (AvgIpc) is 2.14. The first-order valence-electron chi connectivity index (χ1n) is 2.72. The highest BCUT2D eigenvalue weighted by molar-refractivity contribution is 5.57. The van der Waals surface area contributed by atoms with Crippen LogP contribution in [-0.4, -0.2) is 12.3 Å². The van der Waals surface area contributed by atoms with Gasteiger partial charge in [0.2, 0.25) is 0 Å². The lowest BCUT2D eigenvalue weighted by atomic mass is 10.1. The lowest BCUT2D eigenvalue weighted by molar-refractivity contribution is -0.111. The fourth-order valence-electron chi connectivity index (χ4n) is 0.839. The molecule has 0 saturated heterocycles. The summed E-state index contributed by atoms with van der Waals surface area (Å²) in [7, 11) is 0. The Morgan fingerprint density at radius 1 is 1.75 bits per heavy atom. The van der Waals surface area contributed by atoms with E-state index in [1.807, 2.05) is 12.2 Å². The minimum atomic E-state index is -0.0208. The van der Waals surface area contributed by atoms with E-state index in [4.69, 9.17) is 5.73 Å². The molecule has 8 heavy (non-hydrogen) atoms. The van der Waals surface area contributed by atoms with Crippen LogP contribution in [0.4, 0.5) is 0 Å². The zero-order valence-corrected chi connectivity index (χ0v) is 4.58. The third-order valence-corrected chi connectivity index (χ3v) is 1.44. The number of hydrogen-bond acceptors (Lipinski definition) is 2. The van der Waals surface area contributed by atoms with Gasteiger partial charge < -0.3 is 10.5 Å². The molecule has 44 valence electrons. The van der Waals surface area contributed by atoms with Gasteiger partial charge in [-0.25, -0.2) is 0 Å². The van der Waals surface area contributed by atoms with Crippen molar-refractivity contribution in [3.63, 3.8) is 0 Å². The summed E-state index contributed by atoms with van der Waals surface area (Å²) in [6.45, 7) is 0. The minimum Gasteiger partial charge on any atom is -0.324 e. The molecule has 1 aliphatic carbocycles. The van der Waals surface area contributed by atoms with Gasteiger partial charge >= 0.3 is 0 Å². The number of aldehydes is 1. The molecule has 1 rings (SSSR count). The van der Waals surface area contributed by atoms with Crippen molar-refractivity contribution in [3.05, 3.63) is 12.2 Å². The summed E-state index contributed by atoms with van der Waals surface area (Å²) in [4.78, 5) is 10.1. The Morgan fingerprint density at radius 3 is 2.75 bits per heavy atom. The Balaban J connectivity index is 2.50. The van der Waals surface area contributed by atoms with Gasteiger partial charge in [-0.15, -0.1) is 0 Å². The Labute approximate surface area is 48.4 Å². The third kappa shape index (κ3) is 0.793. The van der Waals surface area contributed by atoms with Crippen molar-refractivity contribution in [2.24, 2.45) is 11.7 Å². The average molecular weight is 111 g/mol. The van der Waals surface area contributed by atoms with E-state index in [0.29, 0.717) is 0 Å². The van der Waals surface area contributed by atoms with Crippen LogP contribution >= 0.6 is 0 Å². The summed E-state index contributed by atoms with van der Waals surface area (Å²) in [6, 6.07) is -0.0208. The van der Waals surface area contributed by atoms with Gasteiger partial charge in [0.05, 0.1) is 0 Å². The summed E-state index contributed by atoms with van der Waals surface area (Å²) < 4.78 is 0. The molecule has 0 saturated carbocycles. The predicted molar refractivity (Wildman–Crippen MR) is 31.3 cm³/mol. The molecule has 0 radical (unpaired) electrons. The highest BCUT2D eigenvalue weighted by Gasteiger charge is 2.16. The number of carbonyl (C=O) groups excluding carboxylic acids is 1. The topological polar surface area (TPSA) is 43.1 Å². The first-order valence-corrected chi connectivity index (χ1v) is 2.72. The number of rotatable bonds is 1. The van der Waals surface area contributed by atoms with Gasteiger partial charge in [0.15, 0.2) is 0 Å². The third-order valence-electron chi connectivity index (χ3n) is 1.44. The highest BCUT2D eigenvalue weighted by atomic mass is 16.1. The molecule has 0 aromatic heterocycles. The molecule has 2 unspecified atom stereocenters. The van der Waals surface area contributed by atoms with E-state index < -0.39 is 0 Å². The van der Waals surface area contributed by atoms with E-state index in [9.17, 15) is 4.79 Å². The minimum absolute atomic E-state index is 0.0208. The molecule has 0 aromatic rings. The first kappa shape index (κ1) is 5.51. The summed E-state index contributed by atoms with van der Waals surface area (Å²) in [5.74, 6) is 0.0509. The maximum Gasteiger partial charge on any atom is 0.125 e. The van der Waals surface area contributed by atoms with Crippen molar-refractivity contribution < 1.29 is 4.79 Å². The van der Waals surface area contributed by atoms with Crippen molar-refractivity contribution in [3.8, 4) is 0 Å². The van der Waals surface area contributed by atoms with Gasteiger partial charge in [0.25, 0.3) is 0 Å². The van der Waals surface area contributed by atoms with Gasteiger partial charge in [0.1, 0.15) is 6.29 Å². The van der Waals surface area contributed by atoms with Crippen LogP contribution in [0.1, 0.15) is 6.42 Å². The van der Waals surface area contributed by atoms with Gasteiger partial charge in [0, 0.05) is 12.0 Å². The van der Waals surface area contributed by atoms with E-state index in [-0.39, 0.29) is 12.0 Å². The molecule has 0 fully saturated rings. The summed E-state index contributed by atoms with van der Waals surface area (Å²) >= 11 is 0. The normalized spacial score (nSPS) is 35.6. The van der Waals surface area contributed by atoms with Crippen LogP contribution in [0, 0.1) is 5.92 Å². The molecule has 0 aliphatic heterocycles. The van der Waals surface area contributed by atoms with Gasteiger partial charge in [-0.2, -0.15) is 0 Å². The lowest BCUT2D eigenvalue weighted by Gasteiger charge is -2.03. The molecule has 1 aliphatic rings. The second-order valence-corrected chi connectivity index (χ2v) is 2.04. The zero-order valence-electron chi connectivity index (χ0n) is 4.58. The Bertz CT molecular complexity index is 120. The molecule has 2 nitrogen and oxygen atoms in total. The smallest absolute Gasteiger partial charge is 0.125 e. The molecule has 0 bridgehead atoms. The van der Waals surface area contributed by atoms with Gasteiger partial charge in [-0.05, 0) is 6.42 Å². The number of allylic oxidation sites excluding steroid dienone is 1. The first-order chi connectivity index (χ1) is 3.84. The van der Waals surface area contributed by atoms with Crippen molar-refractivity contribution in [1.82, 2.24) is 0 Å². The second-order valence-electron chi connectivity index (χ2n) is 2.04. The molecule has 2 heteroatoms. The SMILES string of the molecule is NC1C=CCC1C=O. The molecule has 0 spiro atoms. The van der Waals surface area contributed by atoms with E-state index in [1.165, 1.54) is 0 Å². The molecular weight excluding hydrogens is 102 g/mol. The predicted octanol–water partition coefficient (Wildman–Crippen LogP) is 0.0887. The zero-order chi connectivity index (χ0) is 5.98. The molecule has 0 aromatic carbocycles. The monoisotopic (exact) mass is 111 g/mol. The highest BCUT2D eigenvalue weighted by Crippen LogP contribution is 2.13. The van der Waals surface area contributed by atoms with Crippen LogP contribution in [0.2, 0.25) is 0 Å². The van der Waals surface area contributed by atoms with E-state index in [1.54, 1.807) is 0 Å². The summed E-state index contributed by atoms with van der Waals surface area (Å²) in [6.07, 6.45) is 5.57. The molecule has 2 atom stereocenters. The largest absolute Gasteiger partial charge is 0.324 e. The van der Waals surface area contributed by atoms with Crippen molar-refractivity contribution in [2.75, 3.05) is 0 Å². The van der Waals surface area contributed by atoms with Gasteiger partial charge in [-0.1, -0.05) is 12.2 Å². The fraction of sp³-hybridized carbons (Fsp3) is 0.500. The molecular formula is C6H9NO. The molecule has 2 N–H and O–H groups in total. The Morgan fingerprint density at radius 2 is 2.50 bits per heavy atom. The Hall–Kier alpha value is -0.630. The van der Waals surface area contributed by atoms with Crippen LogP contribution in [0.5, 0.6) is 0 Å². The van der Waals surface area contributed by atoms with Crippen LogP contribution in [0.3, 0.4) is 0 Å². The van der Waals surface area contributed by atoms with Crippen molar-refractivity contribution in [1.29, 1.82) is 0 Å². The standard InChI is InChI=1S/C6H9NO/c7-6-3-1-2-5(6)4-8/h1,3-6H,2,7H2. The van der Waals surface area contributed by atoms with Crippen molar-refractivity contribution >= 4 is 6.29 Å². The van der Waals surface area contributed by atoms with Gasteiger partial charge in [-0.3, -0.25) is 0 Å². The maximum atomic E-state index is 10.1. The fourth-order valence-corrected chi connectivity index (χ4v) is 0.839. The number of carbonyl (C=O) groups is 1. The van der Waals surface area contributed by atoms with Crippen molar-refractivity contribution in [2.45, 2.75) is 12.5 Å². The lowest BCUT2D eigenvalue weighted by Crippen LogP contribution is -2.24. The van der Waals surface area contributed by atoms with Crippen LogP contribution in [0.15, 0.2) is 12.2 Å². The molecule has 0 heterocycles. The second kappa shape index (κ2) is 2.09. The maximum absolute atomic E-state index is 10.1. The van der Waals surface area contributed by atoms with Crippen LogP contribution in [-0.2, 0) is 4.79 Å². The summed E-state index contributed by atoms with van der Waals surface area (Å²) in [5, 5.41) is 0. The van der Waals surface area contributed by atoms with Crippen LogP contribution in [0.25, 0.3) is 0 Å². The molecule has 0 amide bonds. The van der Waals surface area contributed by atoms with Crippen LogP contribution < -0.4 is 5.73 Å².